The quantitative estimate of drug-likeness (QED) is 0.725. The van der Waals surface area contributed by atoms with Crippen LogP contribution in [-0.4, -0.2) is 28.7 Å². The molecule has 5 nitrogen and oxygen atoms in total. The number of urea groups is 1. The molecule has 0 heterocycles. The first-order chi connectivity index (χ1) is 9.47. The van der Waals surface area contributed by atoms with E-state index in [0.29, 0.717) is 24.7 Å². The topological polar surface area (TPSA) is 78.4 Å². The van der Waals surface area contributed by atoms with Crippen LogP contribution in [0.5, 0.6) is 0 Å². The zero-order valence-corrected chi connectivity index (χ0v) is 12.4. The van der Waals surface area contributed by atoms with E-state index in [2.05, 4.69) is 24.5 Å². The second kappa shape index (κ2) is 6.02. The highest BCUT2D eigenvalue weighted by molar-refractivity contribution is 5.86. The number of carboxylic acids is 1. The van der Waals surface area contributed by atoms with E-state index >= 15 is 0 Å². The van der Waals surface area contributed by atoms with Gasteiger partial charge in [-0.3, -0.25) is 0 Å². The maximum atomic E-state index is 12.0. The molecule has 20 heavy (non-hydrogen) atoms. The second-order valence-corrected chi connectivity index (χ2v) is 6.58. The van der Waals surface area contributed by atoms with Crippen LogP contribution < -0.4 is 10.6 Å². The first-order valence-corrected chi connectivity index (χ1v) is 7.79. The van der Waals surface area contributed by atoms with Crippen molar-refractivity contribution in [3.8, 4) is 0 Å². The Kier molecular flexibility index (Phi) is 4.55. The molecule has 0 aromatic carbocycles. The SMILES string of the molecule is CCCC1CC1NC(=O)NC1(C(=O)O)CCCC(C)C1. The van der Waals surface area contributed by atoms with Crippen LogP contribution in [0.15, 0.2) is 0 Å². The van der Waals surface area contributed by atoms with Crippen molar-refractivity contribution in [2.24, 2.45) is 11.8 Å². The van der Waals surface area contributed by atoms with Crippen LogP contribution in [0.1, 0.15) is 58.8 Å². The summed E-state index contributed by atoms with van der Waals surface area (Å²) in [6, 6.07) is -0.0769. The van der Waals surface area contributed by atoms with Gasteiger partial charge in [-0.15, -0.1) is 0 Å². The molecule has 2 fully saturated rings. The van der Waals surface area contributed by atoms with Crippen LogP contribution in [0, 0.1) is 11.8 Å². The van der Waals surface area contributed by atoms with Gasteiger partial charge < -0.3 is 15.7 Å². The van der Waals surface area contributed by atoms with Gasteiger partial charge >= 0.3 is 12.0 Å². The third kappa shape index (κ3) is 3.44. The molecule has 3 N–H and O–H groups in total. The Balaban J connectivity index is 1.88. The molecule has 2 amide bonds. The third-order valence-corrected chi connectivity index (χ3v) is 4.66. The van der Waals surface area contributed by atoms with Crippen LogP contribution in [0.4, 0.5) is 4.79 Å². The average Bonchev–Trinajstić information content (AvgIpc) is 3.07. The number of nitrogens with one attached hydrogen (secondary N) is 2. The average molecular weight is 282 g/mol. The van der Waals surface area contributed by atoms with E-state index in [4.69, 9.17) is 0 Å². The summed E-state index contributed by atoms with van der Waals surface area (Å²) in [5.41, 5.74) is -1.07. The number of amides is 2. The molecule has 0 radical (unpaired) electrons. The molecule has 0 aromatic rings. The lowest BCUT2D eigenvalue weighted by atomic mass is 9.76. The number of carboxylic acid groups (broad SMARTS) is 1. The van der Waals surface area contributed by atoms with Crippen LogP contribution in [0.25, 0.3) is 0 Å². The van der Waals surface area contributed by atoms with E-state index in [0.717, 1.165) is 32.1 Å². The number of hydrogen-bond donors (Lipinski definition) is 3. The van der Waals surface area contributed by atoms with Crippen molar-refractivity contribution in [3.05, 3.63) is 0 Å². The van der Waals surface area contributed by atoms with Crippen molar-refractivity contribution in [2.75, 3.05) is 0 Å². The van der Waals surface area contributed by atoms with E-state index in [1.807, 2.05) is 0 Å². The van der Waals surface area contributed by atoms with Gasteiger partial charge in [0.1, 0.15) is 5.54 Å². The second-order valence-electron chi connectivity index (χ2n) is 6.58. The van der Waals surface area contributed by atoms with Crippen molar-refractivity contribution in [1.29, 1.82) is 0 Å². The molecule has 0 spiro atoms. The summed E-state index contributed by atoms with van der Waals surface area (Å²) in [6.07, 6.45) is 6.24. The summed E-state index contributed by atoms with van der Waals surface area (Å²) >= 11 is 0. The predicted molar refractivity (Wildman–Crippen MR) is 76.5 cm³/mol. The van der Waals surface area contributed by atoms with Gasteiger partial charge in [-0.25, -0.2) is 9.59 Å². The van der Waals surface area contributed by atoms with Crippen LogP contribution in [0.3, 0.4) is 0 Å². The van der Waals surface area contributed by atoms with E-state index in [1.165, 1.54) is 0 Å². The van der Waals surface area contributed by atoms with E-state index in [1.54, 1.807) is 0 Å². The van der Waals surface area contributed by atoms with Gasteiger partial charge in [0.15, 0.2) is 0 Å². The minimum Gasteiger partial charge on any atom is -0.480 e. The third-order valence-electron chi connectivity index (χ3n) is 4.66. The lowest BCUT2D eigenvalue weighted by molar-refractivity contribution is -0.146. The molecule has 0 bridgehead atoms. The molecule has 5 heteroatoms. The number of hydrogen-bond acceptors (Lipinski definition) is 2. The zero-order valence-electron chi connectivity index (χ0n) is 12.4. The summed E-state index contributed by atoms with van der Waals surface area (Å²) in [6.45, 7) is 4.19. The number of carbonyl (C=O) groups excluding carboxylic acids is 1. The Hall–Kier alpha value is -1.26. The number of aliphatic carboxylic acids is 1. The Labute approximate surface area is 120 Å². The van der Waals surface area contributed by atoms with E-state index in [-0.39, 0.29) is 12.1 Å². The molecule has 2 saturated carbocycles. The zero-order chi connectivity index (χ0) is 14.8. The number of rotatable bonds is 5. The van der Waals surface area contributed by atoms with E-state index < -0.39 is 11.5 Å². The van der Waals surface area contributed by atoms with Gasteiger partial charge in [0, 0.05) is 6.04 Å². The van der Waals surface area contributed by atoms with Crippen molar-refractivity contribution in [3.63, 3.8) is 0 Å². The Morgan fingerprint density at radius 3 is 2.75 bits per heavy atom. The fourth-order valence-corrected chi connectivity index (χ4v) is 3.45. The van der Waals surface area contributed by atoms with Gasteiger partial charge in [0.2, 0.25) is 0 Å². The first-order valence-electron chi connectivity index (χ1n) is 7.79. The van der Waals surface area contributed by atoms with Crippen molar-refractivity contribution < 1.29 is 14.7 Å². The van der Waals surface area contributed by atoms with Gasteiger partial charge in [-0.1, -0.05) is 33.1 Å². The van der Waals surface area contributed by atoms with Crippen LogP contribution in [-0.2, 0) is 4.79 Å². The summed E-state index contributed by atoms with van der Waals surface area (Å²) in [4.78, 5) is 23.6. The highest BCUT2D eigenvalue weighted by Gasteiger charge is 2.44. The van der Waals surface area contributed by atoms with Crippen LogP contribution in [0.2, 0.25) is 0 Å². The molecule has 0 aromatic heterocycles. The molecule has 0 aliphatic heterocycles. The molecule has 114 valence electrons. The molecule has 4 atom stereocenters. The molecular formula is C15H26N2O3. The van der Waals surface area contributed by atoms with Crippen molar-refractivity contribution in [2.45, 2.75) is 70.4 Å². The van der Waals surface area contributed by atoms with Gasteiger partial charge in [0.25, 0.3) is 0 Å². The van der Waals surface area contributed by atoms with Gasteiger partial charge in [-0.05, 0) is 37.5 Å². The Bertz CT molecular complexity index is 385. The Morgan fingerprint density at radius 1 is 1.40 bits per heavy atom. The molecule has 4 unspecified atom stereocenters. The lowest BCUT2D eigenvalue weighted by Gasteiger charge is -2.37. The highest BCUT2D eigenvalue weighted by atomic mass is 16.4. The molecule has 2 aliphatic rings. The van der Waals surface area contributed by atoms with Crippen LogP contribution >= 0.6 is 0 Å². The number of carbonyl (C=O) groups is 2. The maximum Gasteiger partial charge on any atom is 0.329 e. The van der Waals surface area contributed by atoms with Crippen molar-refractivity contribution >= 4 is 12.0 Å². The van der Waals surface area contributed by atoms with E-state index in [9.17, 15) is 14.7 Å². The standard InChI is InChI=1S/C15H26N2O3/c1-3-5-11-8-12(11)16-14(20)17-15(13(18)19)7-4-6-10(2)9-15/h10-12H,3-9H2,1-2H3,(H,18,19)(H2,16,17,20). The summed E-state index contributed by atoms with van der Waals surface area (Å²) in [5.74, 6) is 0.0193. The minimum absolute atomic E-state index is 0.238. The van der Waals surface area contributed by atoms with Gasteiger partial charge in [0.05, 0.1) is 0 Å². The highest BCUT2D eigenvalue weighted by Crippen LogP contribution is 2.35. The normalized spacial score (nSPS) is 36.2. The molecule has 2 rings (SSSR count). The predicted octanol–water partition coefficient (Wildman–Crippen LogP) is 2.51. The lowest BCUT2D eigenvalue weighted by Crippen LogP contribution is -2.59. The smallest absolute Gasteiger partial charge is 0.329 e. The minimum atomic E-state index is -1.07. The summed E-state index contributed by atoms with van der Waals surface area (Å²) in [7, 11) is 0. The monoisotopic (exact) mass is 282 g/mol. The largest absolute Gasteiger partial charge is 0.480 e. The Morgan fingerprint density at radius 2 is 2.15 bits per heavy atom. The molecular weight excluding hydrogens is 256 g/mol. The fraction of sp³-hybridized carbons (Fsp3) is 0.867. The summed E-state index contributed by atoms with van der Waals surface area (Å²) in [5, 5.41) is 15.2. The van der Waals surface area contributed by atoms with Gasteiger partial charge in [-0.2, -0.15) is 0 Å². The summed E-state index contributed by atoms with van der Waals surface area (Å²) < 4.78 is 0. The molecule has 2 aliphatic carbocycles. The maximum absolute atomic E-state index is 12.0. The molecule has 0 saturated heterocycles. The first kappa shape index (κ1) is 15.1. The van der Waals surface area contributed by atoms with Crippen molar-refractivity contribution in [1.82, 2.24) is 10.6 Å². The fourth-order valence-electron chi connectivity index (χ4n) is 3.45.